The van der Waals surface area contributed by atoms with Crippen LogP contribution in [0.3, 0.4) is 0 Å². The van der Waals surface area contributed by atoms with E-state index in [9.17, 15) is 8.42 Å². The summed E-state index contributed by atoms with van der Waals surface area (Å²) in [5.41, 5.74) is 2.64. The molecule has 0 heterocycles. The summed E-state index contributed by atoms with van der Waals surface area (Å²) in [5.74, 6) is 0.233. The molecule has 2 N–H and O–H groups in total. The molecule has 1 aromatic carbocycles. The third-order valence-corrected chi connectivity index (χ3v) is 5.48. The van der Waals surface area contributed by atoms with Crippen molar-refractivity contribution < 1.29 is 8.42 Å². The van der Waals surface area contributed by atoms with E-state index in [1.165, 1.54) is 11.1 Å². The number of hydrogen-bond acceptors (Lipinski definition) is 3. The van der Waals surface area contributed by atoms with E-state index in [0.29, 0.717) is 6.42 Å². The molecule has 4 nitrogen and oxygen atoms in total. The van der Waals surface area contributed by atoms with Crippen molar-refractivity contribution in [3.8, 4) is 0 Å². The Balaban J connectivity index is 1.79. The van der Waals surface area contributed by atoms with Crippen molar-refractivity contribution in [2.24, 2.45) is 0 Å². The second-order valence-corrected chi connectivity index (χ2v) is 7.58. The summed E-state index contributed by atoms with van der Waals surface area (Å²) in [6.45, 7) is 3.88. The Morgan fingerprint density at radius 1 is 1.19 bits per heavy atom. The van der Waals surface area contributed by atoms with Gasteiger partial charge in [-0.05, 0) is 56.3 Å². The number of unbranched alkanes of at least 4 members (excludes halogenated alkanes) is 1. The quantitative estimate of drug-likeness (QED) is 0.721. The summed E-state index contributed by atoms with van der Waals surface area (Å²) in [5, 5.41) is 3.21. The molecule has 0 saturated heterocycles. The fraction of sp³-hybridized carbons (Fsp3) is 0.625. The minimum absolute atomic E-state index is 0.0543. The monoisotopic (exact) mass is 310 g/mol. The number of hydrogen-bond donors (Lipinski definition) is 2. The lowest BCUT2D eigenvalue weighted by atomic mass is 9.89. The molecule has 1 atom stereocenters. The largest absolute Gasteiger partial charge is 0.317 e. The third-order valence-electron chi connectivity index (χ3n) is 3.96. The first kappa shape index (κ1) is 16.5. The van der Waals surface area contributed by atoms with Crippen LogP contribution in [0.4, 0.5) is 0 Å². The van der Waals surface area contributed by atoms with Crippen molar-refractivity contribution in [1.29, 1.82) is 0 Å². The highest BCUT2D eigenvalue weighted by atomic mass is 32.2. The van der Waals surface area contributed by atoms with Crippen LogP contribution in [0.15, 0.2) is 24.3 Å². The van der Waals surface area contributed by atoms with Gasteiger partial charge < -0.3 is 5.32 Å². The molecule has 1 aliphatic carbocycles. The van der Waals surface area contributed by atoms with Gasteiger partial charge in [-0.3, -0.25) is 0 Å². The van der Waals surface area contributed by atoms with Crippen LogP contribution in [-0.2, 0) is 22.9 Å². The first-order chi connectivity index (χ1) is 10.1. The standard InChI is InChI=1S/C16H26N2O2S/c1-2-17-11-5-6-12-21(19,20)18-16-10-9-14-7-3-4-8-15(14)13-16/h3-4,7-8,16-18H,2,5-6,9-13H2,1H3. The Hall–Kier alpha value is -0.910. The maximum absolute atomic E-state index is 12.1. The molecule has 0 radical (unpaired) electrons. The zero-order chi connectivity index (χ0) is 15.1. The fourth-order valence-corrected chi connectivity index (χ4v) is 4.24. The Labute approximate surface area is 128 Å². The first-order valence-electron chi connectivity index (χ1n) is 7.88. The lowest BCUT2D eigenvalue weighted by Gasteiger charge is -2.25. The number of nitrogens with one attached hydrogen (secondary N) is 2. The van der Waals surface area contributed by atoms with Crippen molar-refractivity contribution in [2.45, 2.75) is 45.1 Å². The molecule has 0 fully saturated rings. The van der Waals surface area contributed by atoms with Crippen LogP contribution in [0, 0.1) is 0 Å². The number of aryl methyl sites for hydroxylation is 1. The van der Waals surface area contributed by atoms with Crippen LogP contribution in [-0.4, -0.2) is 33.3 Å². The van der Waals surface area contributed by atoms with Crippen molar-refractivity contribution in [2.75, 3.05) is 18.8 Å². The van der Waals surface area contributed by atoms with E-state index in [2.05, 4.69) is 29.1 Å². The SMILES string of the molecule is CCNCCCCS(=O)(=O)NC1CCc2ccccc2C1. The van der Waals surface area contributed by atoms with E-state index in [1.54, 1.807) is 0 Å². The predicted molar refractivity (Wildman–Crippen MR) is 87.0 cm³/mol. The zero-order valence-electron chi connectivity index (χ0n) is 12.8. The van der Waals surface area contributed by atoms with Crippen molar-refractivity contribution in [3.63, 3.8) is 0 Å². The van der Waals surface area contributed by atoms with Gasteiger partial charge >= 0.3 is 0 Å². The fourth-order valence-electron chi connectivity index (χ4n) is 2.83. The highest BCUT2D eigenvalue weighted by Crippen LogP contribution is 2.21. The second-order valence-electron chi connectivity index (χ2n) is 5.71. The Morgan fingerprint density at radius 3 is 2.71 bits per heavy atom. The van der Waals surface area contributed by atoms with Gasteiger partial charge in [0.15, 0.2) is 0 Å². The van der Waals surface area contributed by atoms with E-state index < -0.39 is 10.0 Å². The van der Waals surface area contributed by atoms with E-state index in [1.807, 2.05) is 12.1 Å². The van der Waals surface area contributed by atoms with Gasteiger partial charge in [-0.25, -0.2) is 13.1 Å². The smallest absolute Gasteiger partial charge is 0.211 e. The molecule has 2 rings (SSSR count). The predicted octanol–water partition coefficient (Wildman–Crippen LogP) is 1.85. The van der Waals surface area contributed by atoms with Crippen LogP contribution < -0.4 is 10.0 Å². The highest BCUT2D eigenvalue weighted by molar-refractivity contribution is 7.89. The molecule has 0 aliphatic heterocycles. The molecule has 118 valence electrons. The number of fused-ring (bicyclic) bond motifs is 1. The van der Waals surface area contributed by atoms with Crippen molar-refractivity contribution in [3.05, 3.63) is 35.4 Å². The summed E-state index contributed by atoms with van der Waals surface area (Å²) in [4.78, 5) is 0. The van der Waals surface area contributed by atoms with Crippen LogP contribution in [0.1, 0.15) is 37.3 Å². The summed E-state index contributed by atoms with van der Waals surface area (Å²) < 4.78 is 27.1. The number of rotatable bonds is 8. The third kappa shape index (κ3) is 5.41. The van der Waals surface area contributed by atoms with Crippen LogP contribution in [0.2, 0.25) is 0 Å². The highest BCUT2D eigenvalue weighted by Gasteiger charge is 2.22. The lowest BCUT2D eigenvalue weighted by molar-refractivity contribution is 0.505. The zero-order valence-corrected chi connectivity index (χ0v) is 13.6. The molecule has 0 aromatic heterocycles. The molecule has 1 unspecified atom stereocenters. The number of benzene rings is 1. The molecule has 21 heavy (non-hydrogen) atoms. The summed E-state index contributed by atoms with van der Waals surface area (Å²) in [6, 6.07) is 8.37. The van der Waals surface area contributed by atoms with Gasteiger partial charge in [0, 0.05) is 6.04 Å². The Kier molecular flexibility index (Phi) is 6.21. The van der Waals surface area contributed by atoms with Gasteiger partial charge in [-0.2, -0.15) is 0 Å². The van der Waals surface area contributed by atoms with Gasteiger partial charge in [-0.15, -0.1) is 0 Å². The van der Waals surface area contributed by atoms with E-state index in [0.717, 1.165) is 38.8 Å². The average Bonchev–Trinajstić information content (AvgIpc) is 2.46. The van der Waals surface area contributed by atoms with Gasteiger partial charge in [0.05, 0.1) is 5.75 Å². The molecule has 0 saturated carbocycles. The maximum Gasteiger partial charge on any atom is 0.211 e. The van der Waals surface area contributed by atoms with E-state index in [-0.39, 0.29) is 11.8 Å². The molecule has 0 bridgehead atoms. The van der Waals surface area contributed by atoms with Crippen molar-refractivity contribution in [1.82, 2.24) is 10.0 Å². The second kappa shape index (κ2) is 7.92. The minimum Gasteiger partial charge on any atom is -0.317 e. The molecule has 1 aromatic rings. The average molecular weight is 310 g/mol. The van der Waals surface area contributed by atoms with Crippen LogP contribution in [0.25, 0.3) is 0 Å². The maximum atomic E-state index is 12.1. The molecule has 5 heteroatoms. The summed E-state index contributed by atoms with van der Waals surface area (Å²) in [6.07, 6.45) is 4.29. The summed E-state index contributed by atoms with van der Waals surface area (Å²) in [7, 11) is -3.15. The topological polar surface area (TPSA) is 58.2 Å². The van der Waals surface area contributed by atoms with Gasteiger partial charge in [-0.1, -0.05) is 31.2 Å². The normalized spacial score (nSPS) is 18.4. The van der Waals surface area contributed by atoms with Gasteiger partial charge in [0.1, 0.15) is 0 Å². The van der Waals surface area contributed by atoms with Crippen LogP contribution >= 0.6 is 0 Å². The molecule has 1 aliphatic rings. The van der Waals surface area contributed by atoms with E-state index in [4.69, 9.17) is 0 Å². The molecule has 0 spiro atoms. The van der Waals surface area contributed by atoms with Gasteiger partial charge in [0.2, 0.25) is 10.0 Å². The van der Waals surface area contributed by atoms with Gasteiger partial charge in [0.25, 0.3) is 0 Å². The van der Waals surface area contributed by atoms with Crippen molar-refractivity contribution >= 4 is 10.0 Å². The first-order valence-corrected chi connectivity index (χ1v) is 9.53. The minimum atomic E-state index is -3.15. The molecular formula is C16H26N2O2S. The number of sulfonamides is 1. The molecular weight excluding hydrogens is 284 g/mol. The van der Waals surface area contributed by atoms with E-state index >= 15 is 0 Å². The summed E-state index contributed by atoms with van der Waals surface area (Å²) >= 11 is 0. The lowest BCUT2D eigenvalue weighted by Crippen LogP contribution is -2.40. The van der Waals surface area contributed by atoms with Crippen LogP contribution in [0.5, 0.6) is 0 Å². The Bertz CT molecular complexity index is 543. The molecule has 0 amide bonds. The Morgan fingerprint density at radius 2 is 1.95 bits per heavy atom.